The van der Waals surface area contributed by atoms with E-state index < -0.39 is 0 Å². The van der Waals surface area contributed by atoms with Crippen LogP contribution in [-0.4, -0.2) is 50.8 Å². The van der Waals surface area contributed by atoms with Crippen molar-refractivity contribution in [2.75, 3.05) is 20.2 Å². The Kier molecular flexibility index (Phi) is 5.51. The zero-order valence-corrected chi connectivity index (χ0v) is 17.2. The number of benzene rings is 1. The minimum absolute atomic E-state index is 0.0292. The Morgan fingerprint density at radius 3 is 2.79 bits per heavy atom. The molecule has 154 valence electrons. The maximum absolute atomic E-state index is 14.0. The number of aromatic hydroxyl groups is 1. The van der Waals surface area contributed by atoms with Gasteiger partial charge in [0.15, 0.2) is 5.82 Å². The lowest BCUT2D eigenvalue weighted by atomic mass is 9.93. The van der Waals surface area contributed by atoms with Crippen molar-refractivity contribution in [2.45, 2.75) is 32.2 Å². The summed E-state index contributed by atoms with van der Waals surface area (Å²) >= 11 is 1.36. The van der Waals surface area contributed by atoms with Crippen LogP contribution < -0.4 is 0 Å². The lowest BCUT2D eigenvalue weighted by molar-refractivity contribution is -0.147. The number of aromatic nitrogens is 3. The molecule has 0 amide bonds. The molecule has 1 atom stereocenters. The van der Waals surface area contributed by atoms with Gasteiger partial charge in [-0.2, -0.15) is 4.52 Å². The standard InChI is InChI=1S/C20H23FN4O3S/c1-3-15-22-20-25(23-15)18(26)17(29-20)16(13-5-4-6-14(21)11-13)24-9-7-12(8-10-24)19(27)28-2/h4-6,11-12,16,26H,3,7-10H2,1-2H3. The molecule has 0 saturated carbocycles. The smallest absolute Gasteiger partial charge is 0.308 e. The van der Waals surface area contributed by atoms with Crippen molar-refractivity contribution in [2.24, 2.45) is 5.92 Å². The summed E-state index contributed by atoms with van der Waals surface area (Å²) in [5.41, 5.74) is 0.747. The van der Waals surface area contributed by atoms with Crippen molar-refractivity contribution in [1.82, 2.24) is 19.5 Å². The molecule has 1 N–H and O–H groups in total. The van der Waals surface area contributed by atoms with Crippen LogP contribution in [0.1, 0.15) is 42.1 Å². The van der Waals surface area contributed by atoms with Crippen LogP contribution in [0.5, 0.6) is 5.88 Å². The van der Waals surface area contributed by atoms with Crippen molar-refractivity contribution in [3.8, 4) is 5.88 Å². The van der Waals surface area contributed by atoms with E-state index in [4.69, 9.17) is 4.74 Å². The van der Waals surface area contributed by atoms with Gasteiger partial charge in [0.1, 0.15) is 5.82 Å². The number of likely N-dealkylation sites (tertiary alicyclic amines) is 1. The van der Waals surface area contributed by atoms with Crippen molar-refractivity contribution < 1.29 is 19.0 Å². The lowest BCUT2D eigenvalue weighted by Crippen LogP contribution is -2.39. The highest BCUT2D eigenvalue weighted by Gasteiger charge is 2.34. The van der Waals surface area contributed by atoms with Gasteiger partial charge in [-0.3, -0.25) is 9.69 Å². The van der Waals surface area contributed by atoms with Gasteiger partial charge in [0.2, 0.25) is 10.8 Å². The number of nitrogens with zero attached hydrogens (tertiary/aromatic N) is 4. The number of thiazole rings is 1. The number of ether oxygens (including phenoxy) is 1. The lowest BCUT2D eigenvalue weighted by Gasteiger charge is -2.36. The van der Waals surface area contributed by atoms with E-state index in [9.17, 15) is 14.3 Å². The summed E-state index contributed by atoms with van der Waals surface area (Å²) in [5, 5.41) is 15.2. The number of hydrogen-bond donors (Lipinski definition) is 1. The van der Waals surface area contributed by atoms with Crippen LogP contribution in [0.25, 0.3) is 4.96 Å². The molecule has 1 aliphatic heterocycles. The first-order valence-electron chi connectivity index (χ1n) is 9.66. The summed E-state index contributed by atoms with van der Waals surface area (Å²) in [6, 6.07) is 6.07. The van der Waals surface area contributed by atoms with Crippen LogP contribution in [-0.2, 0) is 16.0 Å². The fraction of sp³-hybridized carbons (Fsp3) is 0.450. The molecule has 9 heteroatoms. The van der Waals surface area contributed by atoms with Gasteiger partial charge in [0.05, 0.1) is 23.9 Å². The predicted octanol–water partition coefficient (Wildman–Crippen LogP) is 3.17. The van der Waals surface area contributed by atoms with Gasteiger partial charge < -0.3 is 9.84 Å². The highest BCUT2D eigenvalue weighted by Crippen LogP contribution is 2.41. The molecule has 1 aliphatic rings. The van der Waals surface area contributed by atoms with Gasteiger partial charge in [-0.25, -0.2) is 9.37 Å². The molecule has 7 nitrogen and oxygen atoms in total. The Morgan fingerprint density at radius 2 is 2.17 bits per heavy atom. The Bertz CT molecular complexity index is 1030. The molecule has 0 bridgehead atoms. The number of rotatable bonds is 5. The maximum atomic E-state index is 14.0. The zero-order chi connectivity index (χ0) is 20.5. The fourth-order valence-corrected chi connectivity index (χ4v) is 5.02. The number of halogens is 1. The molecular formula is C20H23FN4O3S. The van der Waals surface area contributed by atoms with E-state index in [-0.39, 0.29) is 29.6 Å². The third-order valence-electron chi connectivity index (χ3n) is 5.40. The van der Waals surface area contributed by atoms with E-state index in [0.29, 0.717) is 48.0 Å². The molecule has 2 aromatic heterocycles. The minimum atomic E-state index is -0.345. The second-order valence-corrected chi connectivity index (χ2v) is 8.17. The van der Waals surface area contributed by atoms with Crippen LogP contribution in [0.15, 0.2) is 24.3 Å². The fourth-order valence-electron chi connectivity index (χ4n) is 3.88. The summed E-state index contributed by atoms with van der Waals surface area (Å²) in [6.07, 6.45) is 1.98. The van der Waals surface area contributed by atoms with E-state index in [2.05, 4.69) is 15.0 Å². The number of aryl methyl sites for hydroxylation is 1. The molecular weight excluding hydrogens is 395 g/mol. The predicted molar refractivity (Wildman–Crippen MR) is 106 cm³/mol. The largest absolute Gasteiger partial charge is 0.492 e. The van der Waals surface area contributed by atoms with E-state index in [1.54, 1.807) is 6.07 Å². The molecule has 1 unspecified atom stereocenters. The topological polar surface area (TPSA) is 80.0 Å². The number of fused-ring (bicyclic) bond motifs is 1. The van der Waals surface area contributed by atoms with Crippen molar-refractivity contribution in [1.29, 1.82) is 0 Å². The van der Waals surface area contributed by atoms with E-state index in [1.165, 1.54) is 35.1 Å². The Labute approximate surface area is 171 Å². The van der Waals surface area contributed by atoms with Gasteiger partial charge >= 0.3 is 5.97 Å². The first kappa shape index (κ1) is 19.8. The SMILES string of the molecule is CCc1nc2sc(C(c3cccc(F)c3)N3CCC(C(=O)OC)CC3)c(O)n2n1. The molecule has 1 saturated heterocycles. The second kappa shape index (κ2) is 8.08. The summed E-state index contributed by atoms with van der Waals surface area (Å²) in [4.78, 5) is 19.8. The van der Waals surface area contributed by atoms with Crippen LogP contribution in [0.4, 0.5) is 4.39 Å². The molecule has 0 spiro atoms. The highest BCUT2D eigenvalue weighted by molar-refractivity contribution is 7.17. The molecule has 3 heterocycles. The van der Waals surface area contributed by atoms with Gasteiger partial charge in [-0.05, 0) is 43.6 Å². The summed E-state index contributed by atoms with van der Waals surface area (Å²) in [5.74, 6) is 0.0399. The average Bonchev–Trinajstić information content (AvgIpc) is 3.27. The summed E-state index contributed by atoms with van der Waals surface area (Å²) in [7, 11) is 1.40. The van der Waals surface area contributed by atoms with E-state index in [1.807, 2.05) is 13.0 Å². The first-order chi connectivity index (χ1) is 14.0. The minimum Gasteiger partial charge on any atom is -0.492 e. The number of carbonyl (C=O) groups excluding carboxylic acids is 1. The zero-order valence-electron chi connectivity index (χ0n) is 16.3. The molecule has 1 aromatic carbocycles. The number of methoxy groups -OCH3 is 1. The Hall–Kier alpha value is -2.52. The van der Waals surface area contributed by atoms with Gasteiger partial charge in [-0.1, -0.05) is 30.4 Å². The second-order valence-electron chi connectivity index (χ2n) is 7.16. The average molecular weight is 418 g/mol. The first-order valence-corrected chi connectivity index (χ1v) is 10.5. The molecule has 0 radical (unpaired) electrons. The van der Waals surface area contributed by atoms with Crippen LogP contribution >= 0.6 is 11.3 Å². The van der Waals surface area contributed by atoms with Gasteiger partial charge in [-0.15, -0.1) is 5.10 Å². The Morgan fingerprint density at radius 1 is 1.41 bits per heavy atom. The monoisotopic (exact) mass is 418 g/mol. The maximum Gasteiger partial charge on any atom is 0.308 e. The quantitative estimate of drug-likeness (QED) is 0.641. The van der Waals surface area contributed by atoms with Crippen LogP contribution in [0.3, 0.4) is 0 Å². The van der Waals surface area contributed by atoms with Gasteiger partial charge in [0.25, 0.3) is 0 Å². The van der Waals surface area contributed by atoms with Gasteiger partial charge in [0, 0.05) is 6.42 Å². The van der Waals surface area contributed by atoms with Crippen LogP contribution in [0, 0.1) is 11.7 Å². The number of esters is 1. The third-order valence-corrected chi connectivity index (χ3v) is 6.47. The molecule has 4 rings (SSSR count). The van der Waals surface area contributed by atoms with Crippen LogP contribution in [0.2, 0.25) is 0 Å². The van der Waals surface area contributed by atoms with Crippen molar-refractivity contribution >= 4 is 22.3 Å². The molecule has 29 heavy (non-hydrogen) atoms. The van der Waals surface area contributed by atoms with Crippen molar-refractivity contribution in [3.63, 3.8) is 0 Å². The normalized spacial score (nSPS) is 16.9. The van der Waals surface area contributed by atoms with E-state index in [0.717, 1.165) is 5.56 Å². The molecule has 3 aromatic rings. The summed E-state index contributed by atoms with van der Waals surface area (Å²) < 4.78 is 20.3. The highest BCUT2D eigenvalue weighted by atomic mass is 32.1. The number of hydrogen-bond acceptors (Lipinski definition) is 7. The molecule has 1 fully saturated rings. The van der Waals surface area contributed by atoms with Crippen molar-refractivity contribution in [3.05, 3.63) is 46.3 Å². The third kappa shape index (κ3) is 3.72. The molecule has 0 aliphatic carbocycles. The number of piperidine rings is 1. The Balaban J connectivity index is 1.71. The number of carbonyl (C=O) groups is 1. The van der Waals surface area contributed by atoms with E-state index >= 15 is 0 Å². The summed E-state index contributed by atoms with van der Waals surface area (Å²) in [6.45, 7) is 3.22.